The van der Waals surface area contributed by atoms with Crippen LogP contribution in [0.15, 0.2) is 53.1 Å². The van der Waals surface area contributed by atoms with Crippen LogP contribution in [0.2, 0.25) is 0 Å². The summed E-state index contributed by atoms with van der Waals surface area (Å²) in [6.45, 7) is 0.269. The van der Waals surface area contributed by atoms with Gasteiger partial charge in [0.2, 0.25) is 0 Å². The lowest BCUT2D eigenvalue weighted by Gasteiger charge is -2.07. The van der Waals surface area contributed by atoms with Gasteiger partial charge >= 0.3 is 6.09 Å². The number of nitrogens with one attached hydrogen (secondary N) is 1. The Bertz CT molecular complexity index is 910. The second kappa shape index (κ2) is 7.64. The molecule has 0 radical (unpaired) electrons. The van der Waals surface area contributed by atoms with Crippen LogP contribution in [0.3, 0.4) is 0 Å². The van der Waals surface area contributed by atoms with Crippen molar-refractivity contribution in [2.75, 3.05) is 5.32 Å². The van der Waals surface area contributed by atoms with Gasteiger partial charge in [-0.1, -0.05) is 23.4 Å². The molecule has 6 nitrogen and oxygen atoms in total. The summed E-state index contributed by atoms with van der Waals surface area (Å²) in [6, 6.07) is 12.7. The highest BCUT2D eigenvalue weighted by Crippen LogP contribution is 2.22. The summed E-state index contributed by atoms with van der Waals surface area (Å²) in [5, 5.41) is 7.02. The summed E-state index contributed by atoms with van der Waals surface area (Å²) in [6.07, 6.45) is -0.889. The Labute approximate surface area is 147 Å². The summed E-state index contributed by atoms with van der Waals surface area (Å²) < 4.78 is 35.8. The number of nitrogens with zero attached hydrogens (tertiary/aromatic N) is 1. The summed E-state index contributed by atoms with van der Waals surface area (Å²) in [5.74, 6) is -1.37. The maximum atomic E-state index is 13.2. The van der Waals surface area contributed by atoms with Crippen LogP contribution >= 0.6 is 0 Å². The number of anilines is 1. The van der Waals surface area contributed by atoms with Gasteiger partial charge in [0, 0.05) is 23.9 Å². The maximum Gasteiger partial charge on any atom is 0.404 e. The number of rotatable bonds is 6. The van der Waals surface area contributed by atoms with Gasteiger partial charge in [-0.2, -0.15) is 0 Å². The number of amides is 1. The average molecular weight is 359 g/mol. The highest BCUT2D eigenvalue weighted by molar-refractivity contribution is 5.65. The molecular weight excluding hydrogens is 344 g/mol. The molecule has 0 saturated heterocycles. The Morgan fingerprint density at radius 1 is 1.12 bits per heavy atom. The van der Waals surface area contributed by atoms with Crippen molar-refractivity contribution >= 4 is 11.8 Å². The fraction of sp³-hybridized carbons (Fsp3) is 0.111. The molecule has 3 N–H and O–H groups in total. The predicted molar refractivity (Wildman–Crippen MR) is 90.0 cm³/mol. The van der Waals surface area contributed by atoms with Crippen LogP contribution in [-0.2, 0) is 17.9 Å². The van der Waals surface area contributed by atoms with Gasteiger partial charge in [0.1, 0.15) is 5.69 Å². The molecule has 0 aliphatic rings. The Balaban J connectivity index is 1.61. The zero-order valence-electron chi connectivity index (χ0n) is 13.5. The molecule has 0 saturated carbocycles. The van der Waals surface area contributed by atoms with Crippen LogP contribution < -0.4 is 11.1 Å². The fourth-order valence-corrected chi connectivity index (χ4v) is 2.27. The number of hydrogen-bond donors (Lipinski definition) is 2. The first-order chi connectivity index (χ1) is 12.5. The molecule has 3 rings (SSSR count). The molecule has 1 amide bonds. The Morgan fingerprint density at radius 3 is 2.58 bits per heavy atom. The number of aromatic nitrogens is 1. The van der Waals surface area contributed by atoms with Crippen LogP contribution in [0.5, 0.6) is 0 Å². The van der Waals surface area contributed by atoms with Crippen molar-refractivity contribution in [1.82, 2.24) is 5.16 Å². The van der Waals surface area contributed by atoms with Gasteiger partial charge in [-0.15, -0.1) is 0 Å². The molecule has 0 aliphatic heterocycles. The molecule has 0 aliphatic carbocycles. The number of ether oxygens (including phenoxy) is 1. The van der Waals surface area contributed by atoms with E-state index in [0.29, 0.717) is 23.6 Å². The van der Waals surface area contributed by atoms with E-state index < -0.39 is 17.7 Å². The summed E-state index contributed by atoms with van der Waals surface area (Å²) >= 11 is 0. The van der Waals surface area contributed by atoms with Crippen LogP contribution in [0.4, 0.5) is 19.3 Å². The monoisotopic (exact) mass is 359 g/mol. The van der Waals surface area contributed by atoms with Crippen molar-refractivity contribution < 1.29 is 22.8 Å². The van der Waals surface area contributed by atoms with Gasteiger partial charge in [-0.3, -0.25) is 0 Å². The minimum absolute atomic E-state index is 0.0871. The number of carbonyl (C=O) groups excluding carboxylic acids is 1. The van der Waals surface area contributed by atoms with E-state index in [4.69, 9.17) is 10.3 Å². The topological polar surface area (TPSA) is 90.4 Å². The highest BCUT2D eigenvalue weighted by Gasteiger charge is 2.08. The normalized spacial score (nSPS) is 10.5. The Hall–Kier alpha value is -3.42. The summed E-state index contributed by atoms with van der Waals surface area (Å²) in [4.78, 5) is 10.6. The predicted octanol–water partition coefficient (Wildman–Crippen LogP) is 3.83. The molecule has 0 fully saturated rings. The van der Waals surface area contributed by atoms with Crippen LogP contribution in [-0.4, -0.2) is 11.2 Å². The fourth-order valence-electron chi connectivity index (χ4n) is 2.27. The zero-order chi connectivity index (χ0) is 18.5. The quantitative estimate of drug-likeness (QED) is 0.698. The molecule has 0 unspecified atom stereocenters. The summed E-state index contributed by atoms with van der Waals surface area (Å²) in [5.41, 5.74) is 7.71. The third-order valence-electron chi connectivity index (χ3n) is 3.58. The van der Waals surface area contributed by atoms with Gasteiger partial charge in [0.05, 0.1) is 0 Å². The molecular formula is C18H15F2N3O3. The number of halogens is 2. The molecule has 2 aromatic carbocycles. The lowest BCUT2D eigenvalue weighted by molar-refractivity contribution is 0.137. The summed E-state index contributed by atoms with van der Waals surface area (Å²) in [7, 11) is 0. The number of nitrogens with two attached hydrogens (primary N) is 1. The van der Waals surface area contributed by atoms with Gasteiger partial charge in [-0.25, -0.2) is 13.6 Å². The van der Waals surface area contributed by atoms with Gasteiger partial charge in [0.15, 0.2) is 24.0 Å². The first-order valence-corrected chi connectivity index (χ1v) is 7.67. The van der Waals surface area contributed by atoms with Crippen LogP contribution in [0, 0.1) is 11.6 Å². The van der Waals surface area contributed by atoms with Crippen molar-refractivity contribution in [2.45, 2.75) is 13.2 Å². The maximum absolute atomic E-state index is 13.2. The second-order valence-electron chi connectivity index (χ2n) is 5.47. The Morgan fingerprint density at radius 2 is 1.88 bits per heavy atom. The third-order valence-corrected chi connectivity index (χ3v) is 3.58. The van der Waals surface area contributed by atoms with Gasteiger partial charge in [-0.05, 0) is 29.8 Å². The van der Waals surface area contributed by atoms with Crippen LogP contribution in [0.25, 0.3) is 11.3 Å². The smallest absolute Gasteiger partial charge is 0.404 e. The first-order valence-electron chi connectivity index (χ1n) is 7.67. The molecule has 0 spiro atoms. The lowest BCUT2D eigenvalue weighted by atomic mass is 10.1. The standard InChI is InChI=1S/C18H15F2N3O3/c19-15-6-1-11(7-16(15)20)9-22-13-4-2-12(3-5-13)17-8-14(26-23-17)10-25-18(21)24/h1-8,22H,9-10H2,(H2,21,24). The van der Waals surface area contributed by atoms with E-state index in [2.05, 4.69) is 15.2 Å². The zero-order valence-corrected chi connectivity index (χ0v) is 13.5. The molecule has 0 bridgehead atoms. The van der Waals surface area contributed by atoms with E-state index in [1.54, 1.807) is 6.07 Å². The van der Waals surface area contributed by atoms with E-state index in [0.717, 1.165) is 23.4 Å². The molecule has 1 aromatic heterocycles. The SMILES string of the molecule is NC(=O)OCc1cc(-c2ccc(NCc3ccc(F)c(F)c3)cc2)no1. The molecule has 134 valence electrons. The van der Waals surface area contributed by atoms with Gasteiger partial charge in [0.25, 0.3) is 0 Å². The molecule has 26 heavy (non-hydrogen) atoms. The van der Waals surface area contributed by atoms with E-state index in [1.807, 2.05) is 24.3 Å². The van der Waals surface area contributed by atoms with Gasteiger partial charge < -0.3 is 20.3 Å². The van der Waals surface area contributed by atoms with E-state index in [9.17, 15) is 13.6 Å². The molecule has 1 heterocycles. The highest BCUT2D eigenvalue weighted by atomic mass is 19.2. The second-order valence-corrected chi connectivity index (χ2v) is 5.47. The molecule has 3 aromatic rings. The van der Waals surface area contributed by atoms with Crippen molar-refractivity contribution in [3.05, 3.63) is 71.5 Å². The number of hydrogen-bond acceptors (Lipinski definition) is 5. The average Bonchev–Trinajstić information content (AvgIpc) is 3.10. The molecule has 8 heteroatoms. The Kier molecular flexibility index (Phi) is 5.12. The van der Waals surface area contributed by atoms with Crippen molar-refractivity contribution in [3.63, 3.8) is 0 Å². The van der Waals surface area contributed by atoms with Crippen molar-refractivity contribution in [3.8, 4) is 11.3 Å². The minimum Gasteiger partial charge on any atom is -0.441 e. The lowest BCUT2D eigenvalue weighted by Crippen LogP contribution is -2.12. The number of primary amides is 1. The number of carbonyl (C=O) groups is 1. The van der Waals surface area contributed by atoms with E-state index in [-0.39, 0.29) is 6.61 Å². The molecule has 0 atom stereocenters. The third kappa shape index (κ3) is 4.35. The number of benzene rings is 2. The van der Waals surface area contributed by atoms with Crippen LogP contribution in [0.1, 0.15) is 11.3 Å². The first kappa shape index (κ1) is 17.4. The minimum atomic E-state index is -0.889. The van der Waals surface area contributed by atoms with E-state index >= 15 is 0 Å². The van der Waals surface area contributed by atoms with Crippen molar-refractivity contribution in [2.24, 2.45) is 5.73 Å². The largest absolute Gasteiger partial charge is 0.441 e. The van der Waals surface area contributed by atoms with Crippen molar-refractivity contribution in [1.29, 1.82) is 0 Å². The van der Waals surface area contributed by atoms with E-state index in [1.165, 1.54) is 6.07 Å².